The molecule has 2 rings (SSSR count). The van der Waals surface area contributed by atoms with Crippen LogP contribution in [0, 0.1) is 6.92 Å². The molecule has 0 saturated heterocycles. The summed E-state index contributed by atoms with van der Waals surface area (Å²) in [5, 5.41) is 1.92. The second kappa shape index (κ2) is 2.95. The van der Waals surface area contributed by atoms with E-state index in [0.717, 1.165) is 12.4 Å². The summed E-state index contributed by atoms with van der Waals surface area (Å²) in [5.41, 5.74) is 4.38. The van der Waals surface area contributed by atoms with Gasteiger partial charge in [0.2, 0.25) is 0 Å². The number of hydrazine groups is 1. The van der Waals surface area contributed by atoms with Gasteiger partial charge in [0.15, 0.2) is 0 Å². The second-order valence-corrected chi connectivity index (χ2v) is 2.81. The Bertz CT molecular complexity index is 306. The van der Waals surface area contributed by atoms with Crippen LogP contribution in [-0.2, 0) is 0 Å². The van der Waals surface area contributed by atoms with Crippen LogP contribution in [0.4, 0.5) is 5.82 Å². The molecule has 1 aromatic heterocycles. The van der Waals surface area contributed by atoms with Gasteiger partial charge in [0.1, 0.15) is 5.82 Å². The summed E-state index contributed by atoms with van der Waals surface area (Å²) >= 11 is 0. The lowest BCUT2D eigenvalue weighted by Gasteiger charge is -2.14. The van der Waals surface area contributed by atoms with Gasteiger partial charge in [-0.2, -0.15) is 0 Å². The zero-order valence-electron chi connectivity index (χ0n) is 6.99. The van der Waals surface area contributed by atoms with Gasteiger partial charge < -0.3 is 0 Å². The standard InChI is InChI=1S/C9H11N3/c1-8-3-5-10-9(7-8)12-6-2-4-11-12/h2-3,5-7,11H,4H2,1H3. The van der Waals surface area contributed by atoms with Crippen molar-refractivity contribution in [2.45, 2.75) is 6.92 Å². The highest BCUT2D eigenvalue weighted by Gasteiger charge is 2.06. The molecule has 1 aliphatic rings. The number of nitrogens with one attached hydrogen (secondary N) is 1. The summed E-state index contributed by atoms with van der Waals surface area (Å²) in [7, 11) is 0. The number of pyridine rings is 1. The maximum Gasteiger partial charge on any atom is 0.147 e. The highest BCUT2D eigenvalue weighted by Crippen LogP contribution is 2.11. The molecule has 0 bridgehead atoms. The molecule has 0 amide bonds. The van der Waals surface area contributed by atoms with Crippen LogP contribution in [0.5, 0.6) is 0 Å². The van der Waals surface area contributed by atoms with Crippen molar-refractivity contribution in [2.24, 2.45) is 0 Å². The van der Waals surface area contributed by atoms with Crippen LogP contribution in [0.3, 0.4) is 0 Å². The third-order valence-corrected chi connectivity index (χ3v) is 1.78. The Balaban J connectivity index is 2.27. The summed E-state index contributed by atoms with van der Waals surface area (Å²) in [6.45, 7) is 2.95. The molecule has 0 saturated carbocycles. The Hall–Kier alpha value is -1.35. The molecule has 62 valence electrons. The van der Waals surface area contributed by atoms with Crippen molar-refractivity contribution in [1.29, 1.82) is 0 Å². The van der Waals surface area contributed by atoms with Crippen LogP contribution in [-0.4, -0.2) is 11.5 Å². The molecule has 0 spiro atoms. The minimum absolute atomic E-state index is 0.885. The fourth-order valence-corrected chi connectivity index (χ4v) is 1.17. The van der Waals surface area contributed by atoms with Gasteiger partial charge in [0.25, 0.3) is 0 Å². The first-order chi connectivity index (χ1) is 5.86. The van der Waals surface area contributed by atoms with E-state index in [2.05, 4.69) is 23.4 Å². The zero-order chi connectivity index (χ0) is 8.39. The van der Waals surface area contributed by atoms with Crippen LogP contribution in [0.25, 0.3) is 0 Å². The van der Waals surface area contributed by atoms with Crippen molar-refractivity contribution >= 4 is 5.82 Å². The molecular weight excluding hydrogens is 150 g/mol. The summed E-state index contributed by atoms with van der Waals surface area (Å²) in [4.78, 5) is 4.23. The Morgan fingerprint density at radius 3 is 3.17 bits per heavy atom. The molecule has 1 N–H and O–H groups in total. The Morgan fingerprint density at radius 2 is 2.50 bits per heavy atom. The Kier molecular flexibility index (Phi) is 1.80. The van der Waals surface area contributed by atoms with Crippen LogP contribution in [0.1, 0.15) is 5.56 Å². The van der Waals surface area contributed by atoms with Crippen LogP contribution < -0.4 is 10.4 Å². The highest BCUT2D eigenvalue weighted by molar-refractivity contribution is 5.43. The van der Waals surface area contributed by atoms with Crippen molar-refractivity contribution in [3.63, 3.8) is 0 Å². The number of anilines is 1. The average Bonchev–Trinajstić information content (AvgIpc) is 2.56. The minimum atomic E-state index is 0.885. The molecule has 12 heavy (non-hydrogen) atoms. The van der Waals surface area contributed by atoms with E-state index in [-0.39, 0.29) is 0 Å². The molecule has 0 radical (unpaired) electrons. The first-order valence-electron chi connectivity index (χ1n) is 3.98. The number of aryl methyl sites for hydroxylation is 1. The zero-order valence-corrected chi connectivity index (χ0v) is 6.99. The van der Waals surface area contributed by atoms with E-state index in [1.165, 1.54) is 5.56 Å². The Morgan fingerprint density at radius 1 is 1.58 bits per heavy atom. The molecule has 3 heteroatoms. The molecule has 0 unspecified atom stereocenters. The van der Waals surface area contributed by atoms with Crippen LogP contribution in [0.15, 0.2) is 30.6 Å². The van der Waals surface area contributed by atoms with Gasteiger partial charge in [-0.05, 0) is 24.6 Å². The van der Waals surface area contributed by atoms with E-state index >= 15 is 0 Å². The van der Waals surface area contributed by atoms with Crippen molar-refractivity contribution < 1.29 is 0 Å². The number of nitrogens with zero attached hydrogens (tertiary/aromatic N) is 2. The quantitative estimate of drug-likeness (QED) is 0.671. The smallest absolute Gasteiger partial charge is 0.147 e. The largest absolute Gasteiger partial charge is 0.267 e. The Labute approximate surface area is 71.7 Å². The number of aromatic nitrogens is 1. The third kappa shape index (κ3) is 1.31. The van der Waals surface area contributed by atoms with E-state index in [1.807, 2.05) is 29.5 Å². The summed E-state index contributed by atoms with van der Waals surface area (Å²) in [6, 6.07) is 4.03. The maximum atomic E-state index is 4.23. The van der Waals surface area contributed by atoms with E-state index in [1.54, 1.807) is 0 Å². The predicted octanol–water partition coefficient (Wildman–Crippen LogP) is 1.23. The molecular formula is C9H11N3. The average molecular weight is 161 g/mol. The molecule has 1 aliphatic heterocycles. The van der Waals surface area contributed by atoms with Gasteiger partial charge >= 0.3 is 0 Å². The maximum absolute atomic E-state index is 4.23. The van der Waals surface area contributed by atoms with Gasteiger partial charge in [0.05, 0.1) is 0 Å². The fraction of sp³-hybridized carbons (Fsp3) is 0.222. The topological polar surface area (TPSA) is 28.2 Å². The van der Waals surface area contributed by atoms with Crippen molar-refractivity contribution in [3.8, 4) is 0 Å². The van der Waals surface area contributed by atoms with Crippen molar-refractivity contribution in [3.05, 3.63) is 36.2 Å². The van der Waals surface area contributed by atoms with Crippen LogP contribution >= 0.6 is 0 Å². The van der Waals surface area contributed by atoms with E-state index in [9.17, 15) is 0 Å². The molecule has 0 atom stereocenters. The predicted molar refractivity (Wildman–Crippen MR) is 48.6 cm³/mol. The normalized spacial score (nSPS) is 15.6. The van der Waals surface area contributed by atoms with E-state index in [4.69, 9.17) is 0 Å². The molecule has 3 nitrogen and oxygen atoms in total. The first-order valence-corrected chi connectivity index (χ1v) is 3.98. The van der Waals surface area contributed by atoms with Gasteiger partial charge in [-0.3, -0.25) is 5.01 Å². The van der Waals surface area contributed by atoms with Gasteiger partial charge in [-0.1, -0.05) is 6.08 Å². The SMILES string of the molecule is Cc1ccnc(N2C=CCN2)c1. The van der Waals surface area contributed by atoms with Crippen molar-refractivity contribution in [2.75, 3.05) is 11.6 Å². The lowest BCUT2D eigenvalue weighted by molar-refractivity contribution is 0.800. The van der Waals surface area contributed by atoms with Gasteiger partial charge in [-0.15, -0.1) is 0 Å². The van der Waals surface area contributed by atoms with Crippen molar-refractivity contribution in [1.82, 2.24) is 10.4 Å². The number of hydrogen-bond donors (Lipinski definition) is 1. The summed E-state index contributed by atoms with van der Waals surface area (Å²) in [5.74, 6) is 0.948. The lowest BCUT2D eigenvalue weighted by atomic mass is 10.3. The fourth-order valence-electron chi connectivity index (χ4n) is 1.17. The van der Waals surface area contributed by atoms with Crippen LogP contribution in [0.2, 0.25) is 0 Å². The third-order valence-electron chi connectivity index (χ3n) is 1.78. The number of rotatable bonds is 1. The molecule has 0 fully saturated rings. The number of hydrogen-bond acceptors (Lipinski definition) is 3. The lowest BCUT2D eigenvalue weighted by Crippen LogP contribution is -2.28. The molecule has 0 aromatic carbocycles. The monoisotopic (exact) mass is 161 g/mol. The van der Waals surface area contributed by atoms with Gasteiger partial charge in [-0.25, -0.2) is 10.4 Å². The minimum Gasteiger partial charge on any atom is -0.267 e. The van der Waals surface area contributed by atoms with E-state index in [0.29, 0.717) is 0 Å². The molecule has 0 aliphatic carbocycles. The molecule has 1 aromatic rings. The van der Waals surface area contributed by atoms with E-state index < -0.39 is 0 Å². The first kappa shape index (κ1) is 7.31. The second-order valence-electron chi connectivity index (χ2n) is 2.81. The summed E-state index contributed by atoms with van der Waals surface area (Å²) < 4.78 is 0. The summed E-state index contributed by atoms with van der Waals surface area (Å²) in [6.07, 6.45) is 5.87. The molecule has 2 heterocycles. The highest BCUT2D eigenvalue weighted by atomic mass is 15.5. The van der Waals surface area contributed by atoms with Gasteiger partial charge in [0, 0.05) is 18.9 Å².